The van der Waals surface area contributed by atoms with E-state index >= 15 is 0 Å². The number of Topliss-reactive ketones (excluding diaryl/α,β-unsaturated/α-hetero) is 1. The fourth-order valence-corrected chi connectivity index (χ4v) is 4.55. The second kappa shape index (κ2) is 4.91. The van der Waals surface area contributed by atoms with E-state index < -0.39 is 16.2 Å². The molecule has 24 heavy (non-hydrogen) atoms. The molecule has 2 N–H and O–H groups in total. The molecule has 5 nitrogen and oxygen atoms in total. The number of ketones is 1. The van der Waals surface area contributed by atoms with Crippen LogP contribution in [-0.2, 0) is 9.59 Å². The van der Waals surface area contributed by atoms with E-state index in [1.807, 2.05) is 52.8 Å². The van der Waals surface area contributed by atoms with Gasteiger partial charge in [0.1, 0.15) is 11.1 Å². The van der Waals surface area contributed by atoms with E-state index in [2.05, 4.69) is 10.5 Å². The Morgan fingerprint density at radius 3 is 2.46 bits per heavy atom. The average molecular weight is 328 g/mol. The van der Waals surface area contributed by atoms with Crippen LogP contribution in [0.5, 0.6) is 0 Å². The van der Waals surface area contributed by atoms with Crippen molar-refractivity contribution in [3.63, 3.8) is 0 Å². The van der Waals surface area contributed by atoms with Crippen molar-refractivity contribution in [2.24, 2.45) is 21.4 Å². The van der Waals surface area contributed by atoms with E-state index in [1.54, 1.807) is 0 Å². The molecule has 2 aliphatic rings. The van der Waals surface area contributed by atoms with Crippen LogP contribution in [0.4, 0.5) is 5.69 Å². The van der Waals surface area contributed by atoms with Crippen LogP contribution >= 0.6 is 0 Å². The van der Waals surface area contributed by atoms with Gasteiger partial charge in [-0.2, -0.15) is 0 Å². The van der Waals surface area contributed by atoms with Gasteiger partial charge in [0.25, 0.3) is 0 Å². The van der Waals surface area contributed by atoms with Gasteiger partial charge < -0.3 is 10.5 Å². The van der Waals surface area contributed by atoms with E-state index in [9.17, 15) is 14.8 Å². The van der Waals surface area contributed by atoms with Crippen LogP contribution in [0.1, 0.15) is 44.7 Å². The van der Waals surface area contributed by atoms with E-state index in [0.717, 1.165) is 16.8 Å². The van der Waals surface area contributed by atoms with Crippen molar-refractivity contribution in [3.8, 4) is 0 Å². The van der Waals surface area contributed by atoms with Crippen LogP contribution in [0.2, 0.25) is 0 Å². The molecule has 1 aromatic rings. The monoisotopic (exact) mass is 328 g/mol. The maximum Gasteiger partial charge on any atom is 0.239 e. The van der Waals surface area contributed by atoms with Crippen molar-refractivity contribution < 1.29 is 14.8 Å². The summed E-state index contributed by atoms with van der Waals surface area (Å²) in [6.45, 7) is 9.66. The third kappa shape index (κ3) is 1.73. The zero-order valence-electron chi connectivity index (χ0n) is 14.9. The SMILES string of the molecule is Cc1ccc(C)c(NC(=O)C23CCC(C)(C(=NO)C2=O)C3(C)C)c1. The van der Waals surface area contributed by atoms with Gasteiger partial charge in [0, 0.05) is 11.1 Å². The molecule has 128 valence electrons. The van der Waals surface area contributed by atoms with Gasteiger partial charge in [-0.25, -0.2) is 0 Å². The Morgan fingerprint density at radius 1 is 1.21 bits per heavy atom. The third-order valence-corrected chi connectivity index (χ3v) is 6.70. The van der Waals surface area contributed by atoms with Gasteiger partial charge in [-0.05, 0) is 49.3 Å². The first-order valence-corrected chi connectivity index (χ1v) is 8.28. The number of hydrogen-bond donors (Lipinski definition) is 2. The highest BCUT2D eigenvalue weighted by atomic mass is 16.4. The van der Waals surface area contributed by atoms with Gasteiger partial charge in [-0.3, -0.25) is 9.59 Å². The van der Waals surface area contributed by atoms with E-state index in [1.165, 1.54) is 0 Å². The van der Waals surface area contributed by atoms with Gasteiger partial charge in [-0.15, -0.1) is 0 Å². The minimum atomic E-state index is -1.18. The highest BCUT2D eigenvalue weighted by molar-refractivity contribution is 6.51. The van der Waals surface area contributed by atoms with Gasteiger partial charge in [0.2, 0.25) is 5.91 Å². The number of fused-ring (bicyclic) bond motifs is 2. The zero-order chi connectivity index (χ0) is 17.9. The standard InChI is InChI=1S/C19H24N2O3/c1-11-6-7-12(2)13(10-11)20-16(23)19-9-8-18(5,17(19,3)4)14(21-24)15(19)22/h6-7,10,24H,8-9H2,1-5H3,(H,20,23). The summed E-state index contributed by atoms with van der Waals surface area (Å²) in [5.74, 6) is -0.639. The van der Waals surface area contributed by atoms with Gasteiger partial charge in [-0.1, -0.05) is 38.1 Å². The molecule has 2 bridgehead atoms. The van der Waals surface area contributed by atoms with Gasteiger partial charge >= 0.3 is 0 Å². The lowest BCUT2D eigenvalue weighted by Crippen LogP contribution is -2.47. The summed E-state index contributed by atoms with van der Waals surface area (Å²) in [6, 6.07) is 5.84. The minimum absolute atomic E-state index is 0.134. The summed E-state index contributed by atoms with van der Waals surface area (Å²) in [5, 5.41) is 15.6. The summed E-state index contributed by atoms with van der Waals surface area (Å²) in [6.07, 6.45) is 1.14. The lowest BCUT2D eigenvalue weighted by Gasteiger charge is -2.37. The lowest BCUT2D eigenvalue weighted by molar-refractivity contribution is -0.140. The van der Waals surface area contributed by atoms with Crippen molar-refractivity contribution in [1.29, 1.82) is 0 Å². The number of carbonyl (C=O) groups excluding carboxylic acids is 2. The number of rotatable bonds is 2. The first kappa shape index (κ1) is 16.7. The number of anilines is 1. The second-order valence-corrected chi connectivity index (χ2v) is 7.91. The number of oxime groups is 1. The predicted molar refractivity (Wildman–Crippen MR) is 92.3 cm³/mol. The summed E-state index contributed by atoms with van der Waals surface area (Å²) in [5.41, 5.74) is 0.471. The van der Waals surface area contributed by atoms with Crippen molar-refractivity contribution >= 4 is 23.1 Å². The number of benzene rings is 1. The van der Waals surface area contributed by atoms with Crippen LogP contribution in [0.25, 0.3) is 0 Å². The topological polar surface area (TPSA) is 78.8 Å². The van der Waals surface area contributed by atoms with Crippen LogP contribution in [0.15, 0.2) is 23.4 Å². The molecule has 2 atom stereocenters. The fraction of sp³-hybridized carbons (Fsp3) is 0.526. The first-order chi connectivity index (χ1) is 11.1. The van der Waals surface area contributed by atoms with Crippen molar-refractivity contribution in [3.05, 3.63) is 29.3 Å². The largest absolute Gasteiger partial charge is 0.411 e. The van der Waals surface area contributed by atoms with Gasteiger partial charge in [0.15, 0.2) is 5.78 Å². The number of carbonyl (C=O) groups is 2. The Labute approximate surface area is 142 Å². The Hall–Kier alpha value is -2.17. The Balaban J connectivity index is 2.06. The predicted octanol–water partition coefficient (Wildman–Crippen LogP) is 3.47. The molecule has 0 aliphatic heterocycles. The normalized spacial score (nSPS) is 32.4. The Morgan fingerprint density at radius 2 is 1.88 bits per heavy atom. The minimum Gasteiger partial charge on any atom is -0.411 e. The average Bonchev–Trinajstić information content (AvgIpc) is 2.79. The van der Waals surface area contributed by atoms with Crippen LogP contribution in [0.3, 0.4) is 0 Å². The molecular formula is C19H24N2O3. The molecule has 2 aliphatic carbocycles. The molecule has 2 saturated carbocycles. The van der Waals surface area contributed by atoms with Crippen LogP contribution < -0.4 is 5.32 Å². The molecule has 2 unspecified atom stereocenters. The molecule has 1 amide bonds. The van der Waals surface area contributed by atoms with Crippen molar-refractivity contribution in [2.75, 3.05) is 5.32 Å². The van der Waals surface area contributed by atoms with Gasteiger partial charge in [0.05, 0.1) is 0 Å². The first-order valence-electron chi connectivity index (χ1n) is 8.28. The smallest absolute Gasteiger partial charge is 0.239 e. The highest BCUT2D eigenvalue weighted by Gasteiger charge is 2.76. The summed E-state index contributed by atoms with van der Waals surface area (Å²) in [7, 11) is 0. The highest BCUT2D eigenvalue weighted by Crippen LogP contribution is 2.69. The second-order valence-electron chi connectivity index (χ2n) is 7.91. The molecule has 1 aromatic carbocycles. The zero-order valence-corrected chi connectivity index (χ0v) is 14.9. The summed E-state index contributed by atoms with van der Waals surface area (Å²) < 4.78 is 0. The molecule has 0 saturated heterocycles. The molecular weight excluding hydrogens is 304 g/mol. The maximum atomic E-state index is 13.2. The van der Waals surface area contributed by atoms with Crippen molar-refractivity contribution in [1.82, 2.24) is 0 Å². The number of hydrogen-bond acceptors (Lipinski definition) is 4. The Bertz CT molecular complexity index is 781. The van der Waals surface area contributed by atoms with E-state index in [-0.39, 0.29) is 17.4 Å². The third-order valence-electron chi connectivity index (χ3n) is 6.70. The maximum absolute atomic E-state index is 13.2. The molecule has 2 fully saturated rings. The fourth-order valence-electron chi connectivity index (χ4n) is 4.55. The van der Waals surface area contributed by atoms with E-state index in [0.29, 0.717) is 12.8 Å². The van der Waals surface area contributed by atoms with Crippen LogP contribution in [-0.4, -0.2) is 22.6 Å². The molecule has 0 radical (unpaired) electrons. The summed E-state index contributed by atoms with van der Waals surface area (Å²) in [4.78, 5) is 26.2. The van der Waals surface area contributed by atoms with Crippen molar-refractivity contribution in [2.45, 2.75) is 47.5 Å². The quantitative estimate of drug-likeness (QED) is 0.496. The van der Waals surface area contributed by atoms with Crippen LogP contribution in [0, 0.1) is 30.1 Å². The number of amides is 1. The number of nitrogens with zero attached hydrogens (tertiary/aromatic N) is 1. The summed E-state index contributed by atoms with van der Waals surface area (Å²) >= 11 is 0. The molecule has 0 spiro atoms. The number of nitrogens with one attached hydrogen (secondary N) is 1. The number of aryl methyl sites for hydroxylation is 2. The molecule has 0 aromatic heterocycles. The molecule has 5 heteroatoms. The molecule has 0 heterocycles. The Kier molecular flexibility index (Phi) is 3.41. The van der Waals surface area contributed by atoms with E-state index in [4.69, 9.17) is 0 Å². The molecule has 3 rings (SSSR count). The lowest BCUT2D eigenvalue weighted by atomic mass is 9.64.